The fraction of sp³-hybridized carbons (Fsp3) is 0.0800. The van der Waals surface area contributed by atoms with Gasteiger partial charge in [-0.15, -0.1) is 0 Å². The van der Waals surface area contributed by atoms with Crippen LogP contribution >= 0.6 is 0 Å². The molecule has 0 atom stereocenters. The van der Waals surface area contributed by atoms with Crippen molar-refractivity contribution < 1.29 is 9.26 Å². The molecule has 0 radical (unpaired) electrons. The Morgan fingerprint density at radius 3 is 2.42 bits per heavy atom. The maximum atomic E-state index is 5.54. The van der Waals surface area contributed by atoms with Gasteiger partial charge in [-0.1, -0.05) is 47.6 Å². The van der Waals surface area contributed by atoms with Gasteiger partial charge in [0.15, 0.2) is 11.6 Å². The van der Waals surface area contributed by atoms with E-state index in [2.05, 4.69) is 10.5 Å². The quantitative estimate of drug-likeness (QED) is 0.396. The highest BCUT2D eigenvalue weighted by Gasteiger charge is 2.11. The van der Waals surface area contributed by atoms with Gasteiger partial charge in [0.25, 0.3) is 0 Å². The van der Waals surface area contributed by atoms with Crippen LogP contribution in [-0.4, -0.2) is 22.2 Å². The number of hydrogen-bond acceptors (Lipinski definition) is 6. The molecule has 0 saturated heterocycles. The second-order valence-corrected chi connectivity index (χ2v) is 7.04. The van der Waals surface area contributed by atoms with Crippen LogP contribution in [0.4, 0.5) is 5.82 Å². The molecule has 0 aliphatic carbocycles. The predicted octanol–water partition coefficient (Wildman–Crippen LogP) is 5.57. The summed E-state index contributed by atoms with van der Waals surface area (Å²) in [5, 5.41) is 8.54. The highest BCUT2D eigenvalue weighted by Crippen LogP contribution is 2.26. The molecule has 152 valence electrons. The van der Waals surface area contributed by atoms with Gasteiger partial charge in [-0.05, 0) is 36.4 Å². The van der Waals surface area contributed by atoms with E-state index in [-0.39, 0.29) is 0 Å². The van der Waals surface area contributed by atoms with E-state index >= 15 is 0 Å². The topological polar surface area (TPSA) is 73.1 Å². The molecule has 6 nitrogen and oxygen atoms in total. The Bertz CT molecular complexity index is 1310. The van der Waals surface area contributed by atoms with Crippen LogP contribution in [-0.2, 0) is 6.54 Å². The zero-order valence-electron chi connectivity index (χ0n) is 16.9. The zero-order valence-corrected chi connectivity index (χ0v) is 16.9. The molecule has 1 N–H and O–H groups in total. The van der Waals surface area contributed by atoms with Crippen LogP contribution in [0, 0.1) is 0 Å². The van der Waals surface area contributed by atoms with Gasteiger partial charge in [0.05, 0.1) is 19.2 Å². The van der Waals surface area contributed by atoms with Crippen molar-refractivity contribution in [3.8, 4) is 28.4 Å². The van der Waals surface area contributed by atoms with Crippen LogP contribution in [0.2, 0.25) is 0 Å². The fourth-order valence-electron chi connectivity index (χ4n) is 3.39. The second-order valence-electron chi connectivity index (χ2n) is 7.04. The molecular weight excluding hydrogens is 388 g/mol. The molecular formula is C25H20N4O2. The Labute approximate surface area is 179 Å². The van der Waals surface area contributed by atoms with Crippen molar-refractivity contribution in [3.63, 3.8) is 0 Å². The summed E-state index contributed by atoms with van der Waals surface area (Å²) < 4.78 is 10.7. The molecule has 5 aromatic rings. The first-order chi connectivity index (χ1) is 15.3. The van der Waals surface area contributed by atoms with Gasteiger partial charge in [-0.25, -0.2) is 9.97 Å². The van der Waals surface area contributed by atoms with Crippen molar-refractivity contribution in [2.75, 3.05) is 12.4 Å². The number of anilines is 1. The number of rotatable bonds is 6. The Hall–Kier alpha value is -4.19. The van der Waals surface area contributed by atoms with Crippen molar-refractivity contribution in [1.82, 2.24) is 15.1 Å². The summed E-state index contributed by atoms with van der Waals surface area (Å²) in [7, 11) is 1.65. The third-order valence-corrected chi connectivity index (χ3v) is 5.01. The zero-order chi connectivity index (χ0) is 21.0. The minimum atomic E-state index is 0.457. The summed E-state index contributed by atoms with van der Waals surface area (Å²) in [6.07, 6.45) is 0. The van der Waals surface area contributed by atoms with E-state index in [1.54, 1.807) is 7.11 Å². The molecule has 2 aromatic heterocycles. The molecule has 0 saturated carbocycles. The van der Waals surface area contributed by atoms with Crippen LogP contribution in [0.15, 0.2) is 89.5 Å². The van der Waals surface area contributed by atoms with Crippen LogP contribution < -0.4 is 10.1 Å². The van der Waals surface area contributed by atoms with Gasteiger partial charge in [0.1, 0.15) is 17.3 Å². The van der Waals surface area contributed by atoms with Crippen molar-refractivity contribution in [2.24, 2.45) is 0 Å². The number of ether oxygens (including phenoxy) is 1. The minimum Gasteiger partial charge on any atom is -0.497 e. The highest BCUT2D eigenvalue weighted by molar-refractivity contribution is 5.90. The molecule has 2 heterocycles. The first kappa shape index (κ1) is 18.8. The van der Waals surface area contributed by atoms with Gasteiger partial charge < -0.3 is 14.6 Å². The van der Waals surface area contributed by atoms with E-state index in [1.807, 2.05) is 84.9 Å². The van der Waals surface area contributed by atoms with Crippen molar-refractivity contribution >= 4 is 16.7 Å². The van der Waals surface area contributed by atoms with Crippen molar-refractivity contribution in [2.45, 2.75) is 6.54 Å². The molecule has 0 amide bonds. The number of benzene rings is 3. The maximum Gasteiger partial charge on any atom is 0.162 e. The average molecular weight is 408 g/mol. The number of hydrogen-bond donors (Lipinski definition) is 1. The SMILES string of the molecule is COc1ccc(-c2cc(CNc3nc(-c4ccccc4)nc4ccccc34)on2)cc1. The van der Waals surface area contributed by atoms with Gasteiger partial charge >= 0.3 is 0 Å². The number of fused-ring (bicyclic) bond motifs is 1. The fourth-order valence-corrected chi connectivity index (χ4v) is 3.39. The summed E-state index contributed by atoms with van der Waals surface area (Å²) in [5.41, 5.74) is 3.60. The van der Waals surface area contributed by atoms with E-state index in [0.29, 0.717) is 12.4 Å². The Morgan fingerprint density at radius 2 is 1.61 bits per heavy atom. The van der Waals surface area contributed by atoms with E-state index in [1.165, 1.54) is 0 Å². The molecule has 0 aliphatic heterocycles. The number of para-hydroxylation sites is 1. The first-order valence-corrected chi connectivity index (χ1v) is 9.96. The number of methoxy groups -OCH3 is 1. The Balaban J connectivity index is 1.41. The lowest BCUT2D eigenvalue weighted by atomic mass is 10.1. The standard InChI is InChI=1S/C25H20N4O2/c1-30-19-13-11-17(12-14-19)23-15-20(31-29-23)16-26-25-21-9-5-6-10-22(21)27-24(28-25)18-7-3-2-4-8-18/h2-15H,16H2,1H3,(H,26,27,28). The largest absolute Gasteiger partial charge is 0.497 e. The lowest BCUT2D eigenvalue weighted by Crippen LogP contribution is -2.03. The molecule has 31 heavy (non-hydrogen) atoms. The van der Waals surface area contributed by atoms with Crippen LogP contribution in [0.3, 0.4) is 0 Å². The lowest BCUT2D eigenvalue weighted by Gasteiger charge is -2.10. The molecule has 0 bridgehead atoms. The number of aromatic nitrogens is 3. The summed E-state index contributed by atoms with van der Waals surface area (Å²) >= 11 is 0. The van der Waals surface area contributed by atoms with Gasteiger partial charge in [0.2, 0.25) is 0 Å². The average Bonchev–Trinajstić information content (AvgIpc) is 3.32. The molecule has 0 aliphatic rings. The van der Waals surface area contributed by atoms with Gasteiger partial charge in [-0.2, -0.15) is 0 Å². The third-order valence-electron chi connectivity index (χ3n) is 5.01. The molecule has 5 rings (SSSR count). The first-order valence-electron chi connectivity index (χ1n) is 9.96. The van der Waals surface area contributed by atoms with Gasteiger partial charge in [-0.3, -0.25) is 0 Å². The second kappa shape index (κ2) is 8.28. The monoisotopic (exact) mass is 408 g/mol. The smallest absolute Gasteiger partial charge is 0.162 e. The van der Waals surface area contributed by atoms with Crippen LogP contribution in [0.25, 0.3) is 33.5 Å². The molecule has 0 spiro atoms. The summed E-state index contributed by atoms with van der Waals surface area (Å²) in [6, 6.07) is 27.6. The van der Waals surface area contributed by atoms with E-state index < -0.39 is 0 Å². The maximum absolute atomic E-state index is 5.54. The third kappa shape index (κ3) is 3.96. The summed E-state index contributed by atoms with van der Waals surface area (Å²) in [6.45, 7) is 0.457. The minimum absolute atomic E-state index is 0.457. The van der Waals surface area contributed by atoms with Crippen molar-refractivity contribution in [1.29, 1.82) is 0 Å². The van der Waals surface area contributed by atoms with Crippen LogP contribution in [0.1, 0.15) is 5.76 Å². The van der Waals surface area contributed by atoms with E-state index in [0.717, 1.165) is 45.1 Å². The van der Waals surface area contributed by atoms with Gasteiger partial charge in [0, 0.05) is 22.6 Å². The molecule has 0 fully saturated rings. The molecule has 0 unspecified atom stereocenters. The Morgan fingerprint density at radius 1 is 0.839 bits per heavy atom. The summed E-state index contributed by atoms with van der Waals surface area (Å²) in [4.78, 5) is 9.49. The normalized spacial score (nSPS) is 10.9. The number of nitrogens with zero attached hydrogens (tertiary/aromatic N) is 3. The predicted molar refractivity (Wildman–Crippen MR) is 121 cm³/mol. The highest BCUT2D eigenvalue weighted by atomic mass is 16.5. The van der Waals surface area contributed by atoms with E-state index in [9.17, 15) is 0 Å². The molecule has 3 aromatic carbocycles. The lowest BCUT2D eigenvalue weighted by molar-refractivity contribution is 0.390. The van der Waals surface area contributed by atoms with Crippen molar-refractivity contribution in [3.05, 3.63) is 90.7 Å². The van der Waals surface area contributed by atoms with Crippen LogP contribution in [0.5, 0.6) is 5.75 Å². The summed E-state index contributed by atoms with van der Waals surface area (Å²) in [5.74, 6) is 2.96. The number of nitrogens with one attached hydrogen (secondary N) is 1. The molecule has 6 heteroatoms. The Kier molecular flexibility index (Phi) is 5.02. The van der Waals surface area contributed by atoms with E-state index in [4.69, 9.17) is 19.2 Å².